The molecule has 0 saturated carbocycles. The van der Waals surface area contributed by atoms with Gasteiger partial charge in [0.1, 0.15) is 12.4 Å². The highest BCUT2D eigenvalue weighted by molar-refractivity contribution is 14.0. The van der Waals surface area contributed by atoms with Crippen LogP contribution >= 0.6 is 24.0 Å². The number of alkyl halides is 2. The fourth-order valence-electron chi connectivity index (χ4n) is 2.15. The van der Waals surface area contributed by atoms with Gasteiger partial charge in [-0.25, -0.2) is 9.98 Å². The van der Waals surface area contributed by atoms with Crippen LogP contribution in [0.1, 0.15) is 32.1 Å². The first kappa shape index (κ1) is 19.1. The normalized spacial score (nSPS) is 18.4. The Morgan fingerprint density at radius 1 is 1.55 bits per heavy atom. The Labute approximate surface area is 145 Å². The van der Waals surface area contributed by atoms with Crippen molar-refractivity contribution in [2.45, 2.75) is 39.0 Å². The summed E-state index contributed by atoms with van der Waals surface area (Å²) in [4.78, 5) is 8.18. The van der Waals surface area contributed by atoms with Crippen molar-refractivity contribution < 1.29 is 13.5 Å². The molecule has 2 N–H and O–H groups in total. The van der Waals surface area contributed by atoms with Crippen molar-refractivity contribution in [3.63, 3.8) is 0 Å². The maximum absolute atomic E-state index is 12.7. The second-order valence-corrected chi connectivity index (χ2v) is 4.74. The largest absolute Gasteiger partial charge is 0.376 e. The monoisotopic (exact) mass is 429 g/mol. The lowest BCUT2D eigenvalue weighted by Gasteiger charge is -2.14. The minimum absolute atomic E-state index is 0. The Balaban J connectivity index is 0.00000242. The van der Waals surface area contributed by atoms with Crippen LogP contribution < -0.4 is 10.6 Å². The van der Waals surface area contributed by atoms with E-state index in [1.807, 2.05) is 6.92 Å². The molecule has 1 unspecified atom stereocenters. The van der Waals surface area contributed by atoms with Gasteiger partial charge in [-0.1, -0.05) is 0 Å². The quantitative estimate of drug-likeness (QED) is 0.413. The lowest BCUT2D eigenvalue weighted by molar-refractivity contribution is 0.0671. The van der Waals surface area contributed by atoms with Gasteiger partial charge in [0, 0.05) is 32.1 Å². The van der Waals surface area contributed by atoms with E-state index in [4.69, 9.17) is 4.74 Å². The van der Waals surface area contributed by atoms with Gasteiger partial charge >= 0.3 is 6.55 Å². The van der Waals surface area contributed by atoms with E-state index in [0.717, 1.165) is 24.0 Å². The molecule has 1 aromatic heterocycles. The first-order valence-corrected chi connectivity index (χ1v) is 7.14. The van der Waals surface area contributed by atoms with Crippen LogP contribution in [0.15, 0.2) is 17.4 Å². The van der Waals surface area contributed by atoms with Gasteiger partial charge < -0.3 is 15.4 Å². The van der Waals surface area contributed by atoms with E-state index in [0.29, 0.717) is 19.0 Å². The molecule has 0 aliphatic carbocycles. The predicted molar refractivity (Wildman–Crippen MR) is 90.7 cm³/mol. The van der Waals surface area contributed by atoms with Crippen LogP contribution in [0.25, 0.3) is 0 Å². The van der Waals surface area contributed by atoms with Crippen molar-refractivity contribution in [3.05, 3.63) is 18.2 Å². The fraction of sp³-hybridized carbons (Fsp3) is 0.692. The molecule has 0 radical (unpaired) electrons. The predicted octanol–water partition coefficient (Wildman–Crippen LogP) is 2.13. The van der Waals surface area contributed by atoms with Crippen molar-refractivity contribution in [1.82, 2.24) is 20.2 Å². The third-order valence-corrected chi connectivity index (χ3v) is 3.20. The molecule has 0 aromatic carbocycles. The van der Waals surface area contributed by atoms with Crippen molar-refractivity contribution in [3.8, 4) is 0 Å². The third kappa shape index (κ3) is 5.67. The van der Waals surface area contributed by atoms with Crippen LogP contribution in [-0.2, 0) is 11.3 Å². The molecule has 1 aromatic rings. The molecule has 9 heteroatoms. The van der Waals surface area contributed by atoms with Crippen LogP contribution in [0, 0.1) is 0 Å². The smallest absolute Gasteiger partial charge is 0.319 e. The summed E-state index contributed by atoms with van der Waals surface area (Å²) in [7, 11) is 0. The number of nitrogens with zero attached hydrogens (tertiary/aromatic N) is 3. The number of rotatable bonds is 6. The lowest BCUT2D eigenvalue weighted by atomic mass is 10.2. The van der Waals surface area contributed by atoms with Gasteiger partial charge in [0.05, 0.1) is 6.10 Å². The van der Waals surface area contributed by atoms with E-state index in [-0.39, 0.29) is 42.4 Å². The van der Waals surface area contributed by atoms with Gasteiger partial charge in [0.25, 0.3) is 0 Å². The number of aliphatic imine (C=N–C) groups is 1. The molecule has 0 spiro atoms. The molecule has 2 rings (SSSR count). The van der Waals surface area contributed by atoms with E-state index in [1.165, 1.54) is 12.4 Å². The van der Waals surface area contributed by atoms with Crippen molar-refractivity contribution in [1.29, 1.82) is 0 Å². The Bertz CT molecular complexity index is 463. The third-order valence-electron chi connectivity index (χ3n) is 3.20. The summed E-state index contributed by atoms with van der Waals surface area (Å²) in [5.41, 5.74) is 0. The summed E-state index contributed by atoms with van der Waals surface area (Å²) in [5, 5.41) is 6.24. The topological polar surface area (TPSA) is 63.5 Å². The average Bonchev–Trinajstić information content (AvgIpc) is 3.12. The van der Waals surface area contributed by atoms with E-state index in [9.17, 15) is 8.78 Å². The Hall–Kier alpha value is -0.970. The summed E-state index contributed by atoms with van der Waals surface area (Å²) in [6.45, 7) is 1.60. The summed E-state index contributed by atoms with van der Waals surface area (Å²) in [6, 6.07) is 0. The van der Waals surface area contributed by atoms with Gasteiger partial charge in [-0.2, -0.15) is 8.78 Å². The summed E-state index contributed by atoms with van der Waals surface area (Å²) < 4.78 is 31.8. The number of halogens is 3. The lowest BCUT2D eigenvalue weighted by Crippen LogP contribution is -2.41. The molecule has 22 heavy (non-hydrogen) atoms. The molecule has 2 heterocycles. The highest BCUT2D eigenvalue weighted by Crippen LogP contribution is 2.13. The molecular weight excluding hydrogens is 407 g/mol. The minimum atomic E-state index is -2.60. The molecule has 1 aliphatic heterocycles. The SMILES string of the molecule is CCNC(=NCc1nccn1C(F)F)NCC1CCCO1.I. The highest BCUT2D eigenvalue weighted by Gasteiger charge is 2.16. The first-order chi connectivity index (χ1) is 10.2. The van der Waals surface area contributed by atoms with Crippen LogP contribution in [-0.4, -0.2) is 41.3 Å². The van der Waals surface area contributed by atoms with E-state index in [2.05, 4.69) is 20.6 Å². The van der Waals surface area contributed by atoms with E-state index >= 15 is 0 Å². The molecular formula is C13H22F2IN5O. The summed E-state index contributed by atoms with van der Waals surface area (Å²) in [5.74, 6) is 0.816. The fourth-order valence-corrected chi connectivity index (χ4v) is 2.15. The van der Waals surface area contributed by atoms with Gasteiger partial charge in [0.15, 0.2) is 5.96 Å². The number of hydrogen-bond donors (Lipinski definition) is 2. The maximum Gasteiger partial charge on any atom is 0.319 e. The number of nitrogens with one attached hydrogen (secondary N) is 2. The van der Waals surface area contributed by atoms with Crippen molar-refractivity contribution >= 4 is 29.9 Å². The Morgan fingerprint density at radius 2 is 2.36 bits per heavy atom. The van der Waals surface area contributed by atoms with Crippen molar-refractivity contribution in [2.75, 3.05) is 19.7 Å². The molecule has 6 nitrogen and oxygen atoms in total. The molecule has 1 fully saturated rings. The number of hydrogen-bond acceptors (Lipinski definition) is 3. The average molecular weight is 429 g/mol. The van der Waals surface area contributed by atoms with Gasteiger partial charge in [-0.15, -0.1) is 24.0 Å². The van der Waals surface area contributed by atoms with Crippen molar-refractivity contribution in [2.24, 2.45) is 4.99 Å². The second-order valence-electron chi connectivity index (χ2n) is 4.74. The number of imidazole rings is 1. The Kier molecular flexibility index (Phi) is 8.61. The summed E-state index contributed by atoms with van der Waals surface area (Å²) in [6.07, 6.45) is 4.90. The summed E-state index contributed by atoms with van der Waals surface area (Å²) >= 11 is 0. The number of guanidine groups is 1. The highest BCUT2D eigenvalue weighted by atomic mass is 127. The Morgan fingerprint density at radius 3 is 3.00 bits per heavy atom. The second kappa shape index (κ2) is 9.93. The molecule has 1 saturated heterocycles. The first-order valence-electron chi connectivity index (χ1n) is 7.14. The molecule has 1 atom stereocenters. The van der Waals surface area contributed by atoms with Crippen LogP contribution in [0.5, 0.6) is 0 Å². The van der Waals surface area contributed by atoms with Crippen LogP contribution in [0.3, 0.4) is 0 Å². The zero-order valence-corrected chi connectivity index (χ0v) is 14.8. The van der Waals surface area contributed by atoms with Crippen LogP contribution in [0.2, 0.25) is 0 Å². The standard InChI is InChI=1S/C13H21F2N5O.HI/c1-2-16-13(18-8-10-4-3-7-21-10)19-9-11-17-5-6-20(11)12(14)15;/h5-6,10,12H,2-4,7-9H2,1H3,(H2,16,18,19);1H. The van der Waals surface area contributed by atoms with Gasteiger partial charge in [-0.3, -0.25) is 4.57 Å². The molecule has 1 aliphatic rings. The zero-order chi connectivity index (χ0) is 15.1. The van der Waals surface area contributed by atoms with Crippen LogP contribution in [0.4, 0.5) is 8.78 Å². The minimum Gasteiger partial charge on any atom is -0.376 e. The van der Waals surface area contributed by atoms with Gasteiger partial charge in [0.2, 0.25) is 0 Å². The van der Waals surface area contributed by atoms with Gasteiger partial charge in [-0.05, 0) is 19.8 Å². The van der Waals surface area contributed by atoms with E-state index < -0.39 is 6.55 Å². The number of aromatic nitrogens is 2. The molecule has 0 amide bonds. The van der Waals surface area contributed by atoms with E-state index in [1.54, 1.807) is 0 Å². The molecule has 0 bridgehead atoms. The number of ether oxygens (including phenoxy) is 1. The molecule has 126 valence electrons. The maximum atomic E-state index is 12.7. The zero-order valence-electron chi connectivity index (χ0n) is 12.5.